The van der Waals surface area contributed by atoms with Gasteiger partial charge in [0.1, 0.15) is 5.82 Å². The van der Waals surface area contributed by atoms with Gasteiger partial charge in [0, 0.05) is 17.5 Å². The lowest BCUT2D eigenvalue weighted by Gasteiger charge is -2.31. The lowest BCUT2D eigenvalue weighted by atomic mass is 9.95. The van der Waals surface area contributed by atoms with E-state index in [1.807, 2.05) is 31.2 Å². The Balaban J connectivity index is 1.39. The Morgan fingerprint density at radius 1 is 1.13 bits per heavy atom. The van der Waals surface area contributed by atoms with Crippen molar-refractivity contribution in [1.82, 2.24) is 15.5 Å². The highest BCUT2D eigenvalue weighted by Gasteiger charge is 2.26. The van der Waals surface area contributed by atoms with E-state index in [0.717, 1.165) is 11.1 Å². The minimum Gasteiger partial charge on any atom is -0.352 e. The van der Waals surface area contributed by atoms with Gasteiger partial charge in [0.15, 0.2) is 0 Å². The fourth-order valence-corrected chi connectivity index (χ4v) is 3.98. The molecular weight excluding hydrogens is 405 g/mol. The van der Waals surface area contributed by atoms with Crippen LogP contribution >= 0.6 is 11.6 Å². The zero-order valence-corrected chi connectivity index (χ0v) is 17.8. The van der Waals surface area contributed by atoms with E-state index in [1.54, 1.807) is 12.1 Å². The summed E-state index contributed by atoms with van der Waals surface area (Å²) in [5.41, 5.74) is 1.76. The maximum atomic E-state index is 13.0. The van der Waals surface area contributed by atoms with Crippen LogP contribution in [0.2, 0.25) is 5.02 Å². The first-order valence-corrected chi connectivity index (χ1v) is 10.6. The SMILES string of the molecule is CC(NC(=O)CN1CCC(C(=O)NCc2ccc(F)cc2)CC1)c1ccccc1Cl. The van der Waals surface area contributed by atoms with Crippen molar-refractivity contribution < 1.29 is 14.0 Å². The Bertz CT molecular complexity index is 867. The van der Waals surface area contributed by atoms with Gasteiger partial charge in [-0.25, -0.2) is 4.39 Å². The highest BCUT2D eigenvalue weighted by atomic mass is 35.5. The van der Waals surface area contributed by atoms with Crippen LogP contribution in [0.15, 0.2) is 48.5 Å². The largest absolute Gasteiger partial charge is 0.352 e. The van der Waals surface area contributed by atoms with Gasteiger partial charge in [0.05, 0.1) is 12.6 Å². The zero-order valence-electron chi connectivity index (χ0n) is 17.0. The van der Waals surface area contributed by atoms with Crippen LogP contribution in [-0.2, 0) is 16.1 Å². The third-order valence-corrected chi connectivity index (χ3v) is 5.80. The second-order valence-electron chi connectivity index (χ2n) is 7.71. The zero-order chi connectivity index (χ0) is 21.5. The number of nitrogens with one attached hydrogen (secondary N) is 2. The predicted octanol–water partition coefficient (Wildman–Crippen LogP) is 3.68. The average molecular weight is 432 g/mol. The number of halogens is 2. The lowest BCUT2D eigenvalue weighted by Crippen LogP contribution is -2.44. The number of benzene rings is 2. The van der Waals surface area contributed by atoms with Crippen LogP contribution in [-0.4, -0.2) is 36.3 Å². The minimum atomic E-state index is -0.289. The van der Waals surface area contributed by atoms with E-state index in [2.05, 4.69) is 15.5 Å². The van der Waals surface area contributed by atoms with Crippen molar-refractivity contribution in [1.29, 1.82) is 0 Å². The van der Waals surface area contributed by atoms with Gasteiger partial charge in [-0.15, -0.1) is 0 Å². The molecule has 0 spiro atoms. The summed E-state index contributed by atoms with van der Waals surface area (Å²) >= 11 is 6.20. The van der Waals surface area contributed by atoms with Crippen LogP contribution in [0.3, 0.4) is 0 Å². The Morgan fingerprint density at radius 2 is 1.80 bits per heavy atom. The molecule has 2 aromatic carbocycles. The number of amides is 2. The van der Waals surface area contributed by atoms with Crippen molar-refractivity contribution >= 4 is 23.4 Å². The van der Waals surface area contributed by atoms with Gasteiger partial charge in [0.2, 0.25) is 11.8 Å². The van der Waals surface area contributed by atoms with E-state index in [1.165, 1.54) is 12.1 Å². The second-order valence-corrected chi connectivity index (χ2v) is 8.11. The van der Waals surface area contributed by atoms with Crippen molar-refractivity contribution in [3.63, 3.8) is 0 Å². The molecule has 2 aromatic rings. The summed E-state index contributed by atoms with van der Waals surface area (Å²) in [6.07, 6.45) is 1.42. The molecular formula is C23H27ClFN3O2. The van der Waals surface area contributed by atoms with E-state index in [4.69, 9.17) is 11.6 Å². The van der Waals surface area contributed by atoms with E-state index < -0.39 is 0 Å². The van der Waals surface area contributed by atoms with Crippen molar-refractivity contribution in [3.05, 3.63) is 70.5 Å². The topological polar surface area (TPSA) is 61.4 Å². The van der Waals surface area contributed by atoms with Crippen molar-refractivity contribution in [2.45, 2.75) is 32.4 Å². The van der Waals surface area contributed by atoms with Crippen LogP contribution in [0.1, 0.15) is 36.9 Å². The number of carbonyl (C=O) groups excluding carboxylic acids is 2. The van der Waals surface area contributed by atoms with Crippen LogP contribution < -0.4 is 10.6 Å². The molecule has 0 aromatic heterocycles. The number of carbonyl (C=O) groups is 2. The second kappa shape index (κ2) is 10.5. The number of nitrogens with zero attached hydrogens (tertiary/aromatic N) is 1. The van der Waals surface area contributed by atoms with Crippen molar-refractivity contribution in [2.24, 2.45) is 5.92 Å². The number of hydrogen-bond acceptors (Lipinski definition) is 3. The van der Waals surface area contributed by atoms with Gasteiger partial charge in [0.25, 0.3) is 0 Å². The number of rotatable bonds is 7. The highest BCUT2D eigenvalue weighted by molar-refractivity contribution is 6.31. The summed E-state index contributed by atoms with van der Waals surface area (Å²) in [5.74, 6) is -0.396. The van der Waals surface area contributed by atoms with Gasteiger partial charge in [-0.05, 0) is 62.2 Å². The van der Waals surface area contributed by atoms with Crippen LogP contribution in [0, 0.1) is 11.7 Å². The number of likely N-dealkylation sites (tertiary alicyclic amines) is 1. The molecule has 1 heterocycles. The Labute approximate surface area is 181 Å². The molecule has 0 bridgehead atoms. The van der Waals surface area contributed by atoms with Gasteiger partial charge in [-0.3, -0.25) is 14.5 Å². The van der Waals surface area contributed by atoms with Crippen molar-refractivity contribution in [2.75, 3.05) is 19.6 Å². The quantitative estimate of drug-likeness (QED) is 0.703. The highest BCUT2D eigenvalue weighted by Crippen LogP contribution is 2.22. The summed E-state index contributed by atoms with van der Waals surface area (Å²) in [7, 11) is 0. The van der Waals surface area contributed by atoms with Crippen LogP contribution in [0.4, 0.5) is 4.39 Å². The summed E-state index contributed by atoms with van der Waals surface area (Å²) in [6.45, 7) is 4.00. The fourth-order valence-electron chi connectivity index (χ4n) is 3.68. The molecule has 5 nitrogen and oxygen atoms in total. The summed E-state index contributed by atoms with van der Waals surface area (Å²) in [4.78, 5) is 26.9. The maximum Gasteiger partial charge on any atom is 0.234 e. The molecule has 1 aliphatic heterocycles. The predicted molar refractivity (Wildman–Crippen MR) is 115 cm³/mol. The first kappa shape index (κ1) is 22.2. The molecule has 3 rings (SSSR count). The van der Waals surface area contributed by atoms with E-state index >= 15 is 0 Å². The molecule has 0 saturated carbocycles. The molecule has 1 saturated heterocycles. The first-order chi connectivity index (χ1) is 14.4. The molecule has 1 unspecified atom stereocenters. The van der Waals surface area contributed by atoms with Gasteiger partial charge >= 0.3 is 0 Å². The molecule has 160 valence electrons. The molecule has 7 heteroatoms. The van der Waals surface area contributed by atoms with Crippen LogP contribution in [0.25, 0.3) is 0 Å². The van der Waals surface area contributed by atoms with E-state index in [0.29, 0.717) is 44.0 Å². The standard InChI is InChI=1S/C23H27ClFN3O2/c1-16(20-4-2-3-5-21(20)24)27-22(29)15-28-12-10-18(11-13-28)23(30)26-14-17-6-8-19(25)9-7-17/h2-9,16,18H,10-15H2,1H3,(H,26,30)(H,27,29). The van der Waals surface area contributed by atoms with E-state index in [9.17, 15) is 14.0 Å². The summed E-state index contributed by atoms with van der Waals surface area (Å²) in [5, 5.41) is 6.55. The van der Waals surface area contributed by atoms with E-state index in [-0.39, 0.29) is 29.6 Å². The average Bonchev–Trinajstić information content (AvgIpc) is 2.74. The molecule has 1 fully saturated rings. The maximum absolute atomic E-state index is 13.0. The molecule has 1 aliphatic rings. The Hall–Kier alpha value is -2.44. The van der Waals surface area contributed by atoms with Gasteiger partial charge in [-0.2, -0.15) is 0 Å². The Kier molecular flexibility index (Phi) is 7.82. The summed E-state index contributed by atoms with van der Waals surface area (Å²) < 4.78 is 13.0. The third kappa shape index (κ3) is 6.28. The van der Waals surface area contributed by atoms with Crippen LogP contribution in [0.5, 0.6) is 0 Å². The Morgan fingerprint density at radius 3 is 2.47 bits per heavy atom. The first-order valence-electron chi connectivity index (χ1n) is 10.2. The molecule has 2 amide bonds. The third-order valence-electron chi connectivity index (χ3n) is 5.45. The molecule has 30 heavy (non-hydrogen) atoms. The smallest absolute Gasteiger partial charge is 0.234 e. The minimum absolute atomic E-state index is 0.00997. The number of piperidine rings is 1. The van der Waals surface area contributed by atoms with Crippen molar-refractivity contribution in [3.8, 4) is 0 Å². The lowest BCUT2D eigenvalue weighted by molar-refractivity contribution is -0.127. The normalized spacial score (nSPS) is 16.1. The molecule has 2 N–H and O–H groups in total. The molecule has 1 atom stereocenters. The molecule has 0 aliphatic carbocycles. The monoisotopic (exact) mass is 431 g/mol. The summed E-state index contributed by atoms with van der Waals surface area (Å²) in [6, 6.07) is 13.4. The molecule has 0 radical (unpaired) electrons. The van der Waals surface area contributed by atoms with Gasteiger partial charge < -0.3 is 10.6 Å². The fraction of sp³-hybridized carbons (Fsp3) is 0.391. The van der Waals surface area contributed by atoms with Gasteiger partial charge in [-0.1, -0.05) is 41.9 Å². The number of hydrogen-bond donors (Lipinski definition) is 2.